The standard InChI is InChI=1S/C17H18O2/c1-12-7-8-16-15(9-12)17(18)14(11-19-16)10-13-5-3-2-4-6-13/h2-9,14,17-18H,10-11H2,1H3/t14-,17+/m1/s1. The van der Waals surface area contributed by atoms with Crippen molar-refractivity contribution in [2.45, 2.75) is 19.4 Å². The van der Waals surface area contributed by atoms with E-state index in [-0.39, 0.29) is 5.92 Å². The first kappa shape index (κ1) is 12.2. The maximum absolute atomic E-state index is 10.5. The van der Waals surface area contributed by atoms with E-state index in [1.54, 1.807) is 0 Å². The topological polar surface area (TPSA) is 29.5 Å². The normalized spacial score (nSPS) is 21.6. The molecular weight excluding hydrogens is 236 g/mol. The van der Waals surface area contributed by atoms with Crippen molar-refractivity contribution in [2.24, 2.45) is 5.92 Å². The molecule has 3 rings (SSSR count). The molecule has 1 aliphatic rings. The highest BCUT2D eigenvalue weighted by Gasteiger charge is 2.29. The molecule has 1 aliphatic heterocycles. The van der Waals surface area contributed by atoms with Gasteiger partial charge < -0.3 is 9.84 Å². The molecule has 19 heavy (non-hydrogen) atoms. The predicted octanol–water partition coefficient (Wildman–Crippen LogP) is 3.28. The van der Waals surface area contributed by atoms with E-state index in [4.69, 9.17) is 4.74 Å². The average molecular weight is 254 g/mol. The van der Waals surface area contributed by atoms with E-state index in [2.05, 4.69) is 12.1 Å². The summed E-state index contributed by atoms with van der Waals surface area (Å²) in [4.78, 5) is 0. The van der Waals surface area contributed by atoms with Crippen LogP contribution in [0.1, 0.15) is 22.8 Å². The van der Waals surface area contributed by atoms with E-state index in [9.17, 15) is 5.11 Å². The Morgan fingerprint density at radius 3 is 2.74 bits per heavy atom. The molecular formula is C17H18O2. The summed E-state index contributed by atoms with van der Waals surface area (Å²) in [5.41, 5.74) is 3.32. The Balaban J connectivity index is 1.83. The molecule has 0 saturated carbocycles. The summed E-state index contributed by atoms with van der Waals surface area (Å²) in [6.07, 6.45) is 0.402. The van der Waals surface area contributed by atoms with Crippen molar-refractivity contribution in [3.8, 4) is 5.75 Å². The van der Waals surface area contributed by atoms with Gasteiger partial charge >= 0.3 is 0 Å². The van der Waals surface area contributed by atoms with Gasteiger partial charge in [-0.3, -0.25) is 0 Å². The van der Waals surface area contributed by atoms with Crippen LogP contribution >= 0.6 is 0 Å². The van der Waals surface area contributed by atoms with Crippen LogP contribution in [0.3, 0.4) is 0 Å². The van der Waals surface area contributed by atoms with Gasteiger partial charge in [0.1, 0.15) is 5.75 Å². The molecule has 0 aliphatic carbocycles. The highest BCUT2D eigenvalue weighted by atomic mass is 16.5. The zero-order valence-electron chi connectivity index (χ0n) is 11.0. The first-order valence-corrected chi connectivity index (χ1v) is 6.69. The Morgan fingerprint density at radius 1 is 1.16 bits per heavy atom. The Kier molecular flexibility index (Phi) is 3.26. The van der Waals surface area contributed by atoms with Crippen LogP contribution in [0.5, 0.6) is 5.75 Å². The molecule has 98 valence electrons. The highest BCUT2D eigenvalue weighted by Crippen LogP contribution is 2.37. The van der Waals surface area contributed by atoms with Gasteiger partial charge in [0, 0.05) is 11.5 Å². The Labute approximate surface area is 113 Å². The second-order valence-corrected chi connectivity index (χ2v) is 5.25. The third-order valence-electron chi connectivity index (χ3n) is 3.72. The number of aliphatic hydroxyl groups excluding tert-OH is 1. The van der Waals surface area contributed by atoms with Gasteiger partial charge in [0.2, 0.25) is 0 Å². The SMILES string of the molecule is Cc1ccc2c(c1)[C@@H](O)[C@H](Cc1ccccc1)CO2. The largest absolute Gasteiger partial charge is 0.493 e. The van der Waals surface area contributed by atoms with Gasteiger partial charge in [0.15, 0.2) is 0 Å². The highest BCUT2D eigenvalue weighted by molar-refractivity contribution is 5.40. The van der Waals surface area contributed by atoms with Crippen molar-refractivity contribution in [2.75, 3.05) is 6.61 Å². The van der Waals surface area contributed by atoms with Gasteiger partial charge in [-0.05, 0) is 31.0 Å². The van der Waals surface area contributed by atoms with Crippen LogP contribution in [0.25, 0.3) is 0 Å². The minimum Gasteiger partial charge on any atom is -0.493 e. The monoisotopic (exact) mass is 254 g/mol. The van der Waals surface area contributed by atoms with Gasteiger partial charge in [-0.2, -0.15) is 0 Å². The van der Waals surface area contributed by atoms with Gasteiger partial charge in [-0.1, -0.05) is 42.0 Å². The fourth-order valence-corrected chi connectivity index (χ4v) is 2.66. The smallest absolute Gasteiger partial charge is 0.125 e. The maximum atomic E-state index is 10.5. The van der Waals surface area contributed by atoms with Crippen LogP contribution in [0.15, 0.2) is 48.5 Å². The van der Waals surface area contributed by atoms with Crippen molar-refractivity contribution in [3.63, 3.8) is 0 Å². The Morgan fingerprint density at radius 2 is 1.95 bits per heavy atom. The zero-order valence-corrected chi connectivity index (χ0v) is 11.0. The second kappa shape index (κ2) is 5.06. The number of benzene rings is 2. The number of aliphatic hydroxyl groups is 1. The van der Waals surface area contributed by atoms with Crippen LogP contribution < -0.4 is 4.74 Å². The van der Waals surface area contributed by atoms with Crippen LogP contribution in [-0.2, 0) is 6.42 Å². The third kappa shape index (κ3) is 2.49. The molecule has 0 fully saturated rings. The lowest BCUT2D eigenvalue weighted by atomic mass is 9.87. The minimum absolute atomic E-state index is 0.122. The Bertz CT molecular complexity index is 563. The summed E-state index contributed by atoms with van der Waals surface area (Å²) in [5.74, 6) is 0.944. The summed E-state index contributed by atoms with van der Waals surface area (Å²) in [6.45, 7) is 2.61. The summed E-state index contributed by atoms with van der Waals surface area (Å²) in [7, 11) is 0. The van der Waals surface area contributed by atoms with E-state index in [0.29, 0.717) is 6.61 Å². The first-order chi connectivity index (χ1) is 9.24. The maximum Gasteiger partial charge on any atom is 0.125 e. The van der Waals surface area contributed by atoms with Crippen molar-refractivity contribution in [1.29, 1.82) is 0 Å². The molecule has 0 unspecified atom stereocenters. The molecule has 2 aromatic rings. The molecule has 0 aromatic heterocycles. The van der Waals surface area contributed by atoms with Crippen LogP contribution in [0.2, 0.25) is 0 Å². The molecule has 2 nitrogen and oxygen atoms in total. The first-order valence-electron chi connectivity index (χ1n) is 6.69. The lowest BCUT2D eigenvalue weighted by Crippen LogP contribution is -2.27. The summed E-state index contributed by atoms with van der Waals surface area (Å²) in [6, 6.07) is 16.3. The number of hydrogen-bond donors (Lipinski definition) is 1. The van der Waals surface area contributed by atoms with Crippen molar-refractivity contribution in [1.82, 2.24) is 0 Å². The van der Waals surface area contributed by atoms with Crippen LogP contribution in [0.4, 0.5) is 0 Å². The van der Waals surface area contributed by atoms with Crippen molar-refractivity contribution < 1.29 is 9.84 Å². The second-order valence-electron chi connectivity index (χ2n) is 5.25. The summed E-state index contributed by atoms with van der Waals surface area (Å²) >= 11 is 0. The lowest BCUT2D eigenvalue weighted by molar-refractivity contribution is 0.0507. The molecule has 2 heteroatoms. The molecule has 0 radical (unpaired) electrons. The number of fused-ring (bicyclic) bond motifs is 1. The van der Waals surface area contributed by atoms with Crippen LogP contribution in [-0.4, -0.2) is 11.7 Å². The molecule has 1 heterocycles. The van der Waals surface area contributed by atoms with Gasteiger partial charge in [-0.25, -0.2) is 0 Å². The fourth-order valence-electron chi connectivity index (χ4n) is 2.66. The molecule has 0 saturated heterocycles. The van der Waals surface area contributed by atoms with Crippen LogP contribution in [0, 0.1) is 12.8 Å². The fraction of sp³-hybridized carbons (Fsp3) is 0.294. The lowest BCUT2D eigenvalue weighted by Gasteiger charge is -2.30. The summed E-state index contributed by atoms with van der Waals surface area (Å²) in [5, 5.41) is 10.5. The molecule has 0 bridgehead atoms. The predicted molar refractivity (Wildman–Crippen MR) is 75.3 cm³/mol. The zero-order chi connectivity index (χ0) is 13.2. The molecule has 0 amide bonds. The average Bonchev–Trinajstić information content (AvgIpc) is 2.44. The summed E-state index contributed by atoms with van der Waals surface area (Å²) < 4.78 is 5.77. The quantitative estimate of drug-likeness (QED) is 0.891. The number of rotatable bonds is 2. The van der Waals surface area contributed by atoms with E-state index in [0.717, 1.165) is 23.3 Å². The molecule has 0 spiro atoms. The Hall–Kier alpha value is -1.80. The number of ether oxygens (including phenoxy) is 1. The number of aryl methyl sites for hydroxylation is 1. The number of hydrogen-bond acceptors (Lipinski definition) is 2. The van der Waals surface area contributed by atoms with E-state index >= 15 is 0 Å². The van der Waals surface area contributed by atoms with E-state index < -0.39 is 6.10 Å². The minimum atomic E-state index is -0.441. The van der Waals surface area contributed by atoms with Crippen molar-refractivity contribution in [3.05, 3.63) is 65.2 Å². The van der Waals surface area contributed by atoms with E-state index in [1.807, 2.05) is 43.3 Å². The van der Waals surface area contributed by atoms with Gasteiger partial charge in [0.25, 0.3) is 0 Å². The third-order valence-corrected chi connectivity index (χ3v) is 3.72. The molecule has 2 aromatic carbocycles. The van der Waals surface area contributed by atoms with Gasteiger partial charge in [0.05, 0.1) is 12.7 Å². The molecule has 2 atom stereocenters. The van der Waals surface area contributed by atoms with E-state index in [1.165, 1.54) is 5.56 Å². The van der Waals surface area contributed by atoms with Crippen molar-refractivity contribution >= 4 is 0 Å². The molecule has 1 N–H and O–H groups in total. The van der Waals surface area contributed by atoms with Gasteiger partial charge in [-0.15, -0.1) is 0 Å².